The van der Waals surface area contributed by atoms with Crippen molar-refractivity contribution >= 4 is 11.8 Å². The molecule has 39 heavy (non-hydrogen) atoms. The van der Waals surface area contributed by atoms with Crippen LogP contribution in [0.5, 0.6) is 11.5 Å². The van der Waals surface area contributed by atoms with Gasteiger partial charge in [-0.25, -0.2) is 0 Å². The third kappa shape index (κ3) is 10.6. The average Bonchev–Trinajstić information content (AvgIpc) is 2.88. The molecule has 1 aromatic carbocycles. The van der Waals surface area contributed by atoms with E-state index in [1.807, 2.05) is 20.8 Å². The Balaban J connectivity index is 1.87. The lowest BCUT2D eigenvalue weighted by Gasteiger charge is -2.38. The number of benzene rings is 1. The first-order valence-corrected chi connectivity index (χ1v) is 15.9. The van der Waals surface area contributed by atoms with Crippen molar-refractivity contribution in [3.8, 4) is 11.5 Å². The van der Waals surface area contributed by atoms with Gasteiger partial charge < -0.3 is 9.47 Å². The molecule has 3 atom stereocenters. The summed E-state index contributed by atoms with van der Waals surface area (Å²) in [4.78, 5) is 24.1. The summed E-state index contributed by atoms with van der Waals surface area (Å²) in [5.41, 5.74) is 4.03. The lowest BCUT2D eigenvalue weighted by Crippen LogP contribution is -2.37. The molecule has 4 nitrogen and oxygen atoms in total. The van der Waals surface area contributed by atoms with Crippen LogP contribution in [0.15, 0.2) is 0 Å². The van der Waals surface area contributed by atoms with Gasteiger partial charge in [-0.05, 0) is 87.8 Å². The average molecular weight is 543 g/mol. The molecule has 0 spiro atoms. The molecule has 3 unspecified atom stereocenters. The summed E-state index contributed by atoms with van der Waals surface area (Å²) in [5.74, 6) is 3.84. The molecule has 1 aliphatic rings. The molecule has 2 rings (SSSR count). The van der Waals surface area contributed by atoms with Gasteiger partial charge in [0.25, 0.3) is 0 Å². The molecule has 0 amide bonds. The smallest absolute Gasteiger partial charge is 0.311 e. The fourth-order valence-electron chi connectivity index (χ4n) is 6.00. The van der Waals surface area contributed by atoms with Crippen LogP contribution < -0.4 is 9.47 Å². The van der Waals surface area contributed by atoms with E-state index in [0.717, 1.165) is 59.5 Å². The zero-order valence-corrected chi connectivity index (χ0v) is 26.8. The first-order valence-electron chi connectivity index (χ1n) is 15.9. The van der Waals surface area contributed by atoms with Gasteiger partial charge >= 0.3 is 5.97 Å². The lowest BCUT2D eigenvalue weighted by molar-refractivity contribution is -0.136. The maximum absolute atomic E-state index is 12.5. The first kappa shape index (κ1) is 33.4. The second-order valence-corrected chi connectivity index (χ2v) is 13.3. The van der Waals surface area contributed by atoms with E-state index in [1.54, 1.807) is 0 Å². The molecule has 0 aliphatic carbocycles. The molecule has 1 heterocycles. The maximum Gasteiger partial charge on any atom is 0.311 e. The normalized spacial score (nSPS) is 18.4. The quantitative estimate of drug-likeness (QED) is 0.145. The van der Waals surface area contributed by atoms with Crippen molar-refractivity contribution in [2.45, 2.75) is 158 Å². The van der Waals surface area contributed by atoms with E-state index in [2.05, 4.69) is 41.5 Å². The second kappa shape index (κ2) is 15.8. The Morgan fingerprint density at radius 1 is 0.846 bits per heavy atom. The Morgan fingerprint density at radius 2 is 1.44 bits per heavy atom. The Hall–Kier alpha value is -1.84. The highest BCUT2D eigenvalue weighted by atomic mass is 16.5. The van der Waals surface area contributed by atoms with Crippen LogP contribution in [0.2, 0.25) is 0 Å². The lowest BCUT2D eigenvalue weighted by atomic mass is 9.83. The summed E-state index contributed by atoms with van der Waals surface area (Å²) in [7, 11) is 0. The van der Waals surface area contributed by atoms with Gasteiger partial charge in [-0.2, -0.15) is 0 Å². The van der Waals surface area contributed by atoms with Gasteiger partial charge in [0.15, 0.2) is 0 Å². The molecular weight excluding hydrogens is 484 g/mol. The Morgan fingerprint density at radius 3 is 2.03 bits per heavy atom. The van der Waals surface area contributed by atoms with Gasteiger partial charge in [0.2, 0.25) is 0 Å². The van der Waals surface area contributed by atoms with Crippen molar-refractivity contribution in [3.63, 3.8) is 0 Å². The number of carbonyl (C=O) groups is 2. The van der Waals surface area contributed by atoms with E-state index in [9.17, 15) is 9.59 Å². The summed E-state index contributed by atoms with van der Waals surface area (Å²) >= 11 is 0. The monoisotopic (exact) mass is 542 g/mol. The van der Waals surface area contributed by atoms with Gasteiger partial charge in [-0.1, -0.05) is 79.6 Å². The minimum Gasteiger partial charge on any atom is -0.487 e. The third-order valence-electron chi connectivity index (χ3n) is 9.06. The van der Waals surface area contributed by atoms with E-state index in [0.29, 0.717) is 12.2 Å². The van der Waals surface area contributed by atoms with Gasteiger partial charge in [0, 0.05) is 18.4 Å². The fourth-order valence-corrected chi connectivity index (χ4v) is 6.00. The SMILES string of the molecule is CCC(=O)CCC(=O)Oc1c(C)c(C)c2c(c1C)CCC(C)(CCCC(C)CCCC(C)CCCC(C)C)O2. The third-order valence-corrected chi connectivity index (χ3v) is 9.06. The molecule has 1 aromatic rings. The van der Waals surface area contributed by atoms with E-state index in [-0.39, 0.29) is 30.2 Å². The summed E-state index contributed by atoms with van der Waals surface area (Å²) < 4.78 is 12.5. The Kier molecular flexibility index (Phi) is 13.5. The van der Waals surface area contributed by atoms with E-state index >= 15 is 0 Å². The number of Topliss-reactive ketones (excluding diaryl/α,β-unsaturated/α-hetero) is 1. The highest BCUT2D eigenvalue weighted by Crippen LogP contribution is 2.45. The molecular formula is C35H58O4. The molecule has 0 saturated heterocycles. The predicted molar refractivity (Wildman–Crippen MR) is 163 cm³/mol. The number of fused-ring (bicyclic) bond motifs is 1. The number of hydrogen-bond donors (Lipinski definition) is 0. The largest absolute Gasteiger partial charge is 0.487 e. The summed E-state index contributed by atoms with van der Waals surface area (Å²) in [5, 5.41) is 0. The van der Waals surface area contributed by atoms with Crippen molar-refractivity contribution in [3.05, 3.63) is 22.3 Å². The summed E-state index contributed by atoms with van der Waals surface area (Å²) in [6.07, 6.45) is 14.4. The van der Waals surface area contributed by atoms with Crippen molar-refractivity contribution in [1.29, 1.82) is 0 Å². The molecule has 0 aromatic heterocycles. The van der Waals surface area contributed by atoms with Gasteiger partial charge in [-0.3, -0.25) is 9.59 Å². The van der Waals surface area contributed by atoms with Gasteiger partial charge in [-0.15, -0.1) is 0 Å². The number of rotatable bonds is 17. The van der Waals surface area contributed by atoms with Crippen LogP contribution in [0, 0.1) is 38.5 Å². The number of esters is 1. The zero-order valence-electron chi connectivity index (χ0n) is 26.8. The highest BCUT2D eigenvalue weighted by Gasteiger charge is 2.34. The molecule has 0 N–H and O–H groups in total. The summed E-state index contributed by atoms with van der Waals surface area (Å²) in [6, 6.07) is 0. The second-order valence-electron chi connectivity index (χ2n) is 13.3. The highest BCUT2D eigenvalue weighted by molar-refractivity contribution is 5.83. The van der Waals surface area contributed by atoms with Crippen molar-refractivity contribution in [2.24, 2.45) is 17.8 Å². The molecule has 0 radical (unpaired) electrons. The van der Waals surface area contributed by atoms with Crippen LogP contribution in [-0.4, -0.2) is 17.4 Å². The number of ether oxygens (including phenoxy) is 2. The van der Waals surface area contributed by atoms with Crippen molar-refractivity contribution in [1.82, 2.24) is 0 Å². The van der Waals surface area contributed by atoms with E-state index in [4.69, 9.17) is 9.47 Å². The molecule has 222 valence electrons. The van der Waals surface area contributed by atoms with Crippen molar-refractivity contribution in [2.75, 3.05) is 0 Å². The molecule has 0 fully saturated rings. The fraction of sp³-hybridized carbons (Fsp3) is 0.771. The van der Waals surface area contributed by atoms with Crippen molar-refractivity contribution < 1.29 is 19.1 Å². The summed E-state index contributed by atoms with van der Waals surface area (Å²) in [6.45, 7) is 19.7. The number of hydrogen-bond acceptors (Lipinski definition) is 4. The number of ketones is 1. The maximum atomic E-state index is 12.5. The molecule has 0 bridgehead atoms. The zero-order chi connectivity index (χ0) is 29.2. The minimum atomic E-state index is -0.335. The topological polar surface area (TPSA) is 52.6 Å². The standard InChI is InChI=1S/C35H58O4/c1-10-30(36)19-20-32(37)38-33-27(6)28(7)34-31(29(33)8)21-23-35(9,39-34)22-13-18-26(5)17-12-16-25(4)15-11-14-24(2)3/h24-26H,10-23H2,1-9H3. The Labute approximate surface area is 240 Å². The van der Waals surface area contributed by atoms with Crippen LogP contribution in [0.3, 0.4) is 0 Å². The van der Waals surface area contributed by atoms with Crippen LogP contribution in [-0.2, 0) is 16.0 Å². The molecule has 0 saturated carbocycles. The van der Waals surface area contributed by atoms with Gasteiger partial charge in [0.1, 0.15) is 22.9 Å². The molecule has 4 heteroatoms. The van der Waals surface area contributed by atoms with E-state index in [1.165, 1.54) is 56.9 Å². The first-order chi connectivity index (χ1) is 18.4. The van der Waals surface area contributed by atoms with Gasteiger partial charge in [0.05, 0.1) is 6.42 Å². The predicted octanol–water partition coefficient (Wildman–Crippen LogP) is 9.80. The van der Waals surface area contributed by atoms with Crippen LogP contribution in [0.1, 0.15) is 147 Å². The minimum absolute atomic E-state index is 0.0891. The van der Waals surface area contributed by atoms with Crippen LogP contribution in [0.25, 0.3) is 0 Å². The van der Waals surface area contributed by atoms with E-state index < -0.39 is 0 Å². The Bertz CT molecular complexity index is 947. The van der Waals surface area contributed by atoms with Crippen LogP contribution in [0.4, 0.5) is 0 Å². The van der Waals surface area contributed by atoms with Crippen LogP contribution >= 0.6 is 0 Å². The molecule has 1 aliphatic heterocycles. The number of carbonyl (C=O) groups excluding carboxylic acids is 2.